The second kappa shape index (κ2) is 3.76. The summed E-state index contributed by atoms with van der Waals surface area (Å²) in [5.74, 6) is 3.33. The molecule has 0 unspecified atom stereocenters. The molecule has 0 aliphatic heterocycles. The first-order chi connectivity index (χ1) is 7.30. The van der Waals surface area contributed by atoms with E-state index in [0.717, 1.165) is 23.2 Å². The molecule has 0 spiro atoms. The van der Waals surface area contributed by atoms with E-state index in [1.807, 2.05) is 0 Å². The molecule has 4 saturated carbocycles. The minimum absolute atomic E-state index is 0.740. The van der Waals surface area contributed by atoms with Crippen molar-refractivity contribution < 1.29 is 0 Å². The van der Waals surface area contributed by atoms with E-state index >= 15 is 0 Å². The minimum atomic E-state index is 0.740. The van der Waals surface area contributed by atoms with Crippen LogP contribution in [0.1, 0.15) is 51.9 Å². The maximum Gasteiger partial charge on any atom is 0.000811 e. The van der Waals surface area contributed by atoms with Crippen LogP contribution in [0, 0.1) is 23.2 Å². The molecule has 4 rings (SSSR count). The highest BCUT2D eigenvalue weighted by Crippen LogP contribution is 2.59. The first-order valence-corrected chi connectivity index (χ1v) is 7.00. The van der Waals surface area contributed by atoms with Crippen molar-refractivity contribution in [2.45, 2.75) is 51.9 Å². The van der Waals surface area contributed by atoms with Crippen molar-refractivity contribution in [2.75, 3.05) is 13.1 Å². The number of hydrogen-bond donors (Lipinski definition) is 1. The Morgan fingerprint density at radius 1 is 1.00 bits per heavy atom. The fourth-order valence-corrected chi connectivity index (χ4v) is 5.04. The fraction of sp³-hybridized carbons (Fsp3) is 1.00. The van der Waals surface area contributed by atoms with Gasteiger partial charge in [-0.3, -0.25) is 0 Å². The summed E-state index contributed by atoms with van der Waals surface area (Å²) in [6.07, 6.45) is 10.7. The second-order valence-corrected chi connectivity index (χ2v) is 6.59. The third kappa shape index (κ3) is 1.84. The lowest BCUT2D eigenvalue weighted by molar-refractivity contribution is -0.0511. The average molecular weight is 207 g/mol. The van der Waals surface area contributed by atoms with E-state index in [2.05, 4.69) is 12.2 Å². The van der Waals surface area contributed by atoms with E-state index in [9.17, 15) is 0 Å². The molecule has 0 amide bonds. The van der Waals surface area contributed by atoms with Gasteiger partial charge in [-0.1, -0.05) is 6.92 Å². The van der Waals surface area contributed by atoms with Gasteiger partial charge in [0.25, 0.3) is 0 Å². The van der Waals surface area contributed by atoms with Crippen molar-refractivity contribution in [3.8, 4) is 0 Å². The first kappa shape index (κ1) is 10.1. The molecule has 1 heteroatoms. The van der Waals surface area contributed by atoms with Gasteiger partial charge in [-0.15, -0.1) is 0 Å². The highest BCUT2D eigenvalue weighted by molar-refractivity contribution is 5.02. The highest BCUT2D eigenvalue weighted by Gasteiger charge is 2.50. The molecule has 4 aliphatic carbocycles. The van der Waals surface area contributed by atoms with Crippen LogP contribution in [0.4, 0.5) is 0 Å². The van der Waals surface area contributed by atoms with Gasteiger partial charge in [-0.25, -0.2) is 0 Å². The van der Waals surface area contributed by atoms with Gasteiger partial charge in [0.2, 0.25) is 0 Å². The lowest BCUT2D eigenvalue weighted by Crippen LogP contribution is -2.50. The Morgan fingerprint density at radius 3 is 2.00 bits per heavy atom. The lowest BCUT2D eigenvalue weighted by atomic mass is 9.49. The molecule has 4 aliphatic rings. The zero-order valence-corrected chi connectivity index (χ0v) is 10.1. The van der Waals surface area contributed by atoms with Crippen molar-refractivity contribution in [3.63, 3.8) is 0 Å². The van der Waals surface area contributed by atoms with Gasteiger partial charge in [-0.05, 0) is 74.7 Å². The molecule has 0 saturated heterocycles. The van der Waals surface area contributed by atoms with Gasteiger partial charge in [0.1, 0.15) is 0 Å². The third-order valence-corrected chi connectivity index (χ3v) is 5.09. The fourth-order valence-electron chi connectivity index (χ4n) is 5.04. The number of rotatable bonds is 4. The Balaban J connectivity index is 1.65. The van der Waals surface area contributed by atoms with Gasteiger partial charge in [0, 0.05) is 6.54 Å². The minimum Gasteiger partial charge on any atom is -0.316 e. The predicted molar refractivity (Wildman–Crippen MR) is 63.8 cm³/mol. The van der Waals surface area contributed by atoms with Gasteiger partial charge in [-0.2, -0.15) is 0 Å². The Kier molecular flexibility index (Phi) is 2.54. The van der Waals surface area contributed by atoms with Crippen LogP contribution >= 0.6 is 0 Å². The maximum absolute atomic E-state index is 3.69. The average Bonchev–Trinajstić information content (AvgIpc) is 2.15. The summed E-state index contributed by atoms with van der Waals surface area (Å²) >= 11 is 0. The standard InChI is InChI=1S/C14H25N/c1-2-3-15-10-14-7-11-4-12(8-14)6-13(5-11)9-14/h11-13,15H,2-10H2,1H3. The van der Waals surface area contributed by atoms with Gasteiger partial charge < -0.3 is 5.32 Å². The monoisotopic (exact) mass is 207 g/mol. The molecule has 1 N–H and O–H groups in total. The van der Waals surface area contributed by atoms with Crippen LogP contribution in [-0.2, 0) is 0 Å². The van der Waals surface area contributed by atoms with E-state index < -0.39 is 0 Å². The first-order valence-electron chi connectivity index (χ1n) is 7.00. The zero-order valence-electron chi connectivity index (χ0n) is 10.1. The van der Waals surface area contributed by atoms with Crippen molar-refractivity contribution in [2.24, 2.45) is 23.2 Å². The van der Waals surface area contributed by atoms with Crippen LogP contribution in [-0.4, -0.2) is 13.1 Å². The Bertz CT molecular complexity index is 198. The number of hydrogen-bond acceptors (Lipinski definition) is 1. The Morgan fingerprint density at radius 2 is 1.53 bits per heavy atom. The van der Waals surface area contributed by atoms with Crippen LogP contribution < -0.4 is 5.32 Å². The highest BCUT2D eigenvalue weighted by atomic mass is 14.9. The molecular weight excluding hydrogens is 182 g/mol. The van der Waals surface area contributed by atoms with E-state index in [1.165, 1.54) is 19.5 Å². The van der Waals surface area contributed by atoms with Crippen molar-refractivity contribution in [3.05, 3.63) is 0 Å². The third-order valence-electron chi connectivity index (χ3n) is 5.09. The van der Waals surface area contributed by atoms with Crippen LogP contribution in [0.25, 0.3) is 0 Å². The van der Waals surface area contributed by atoms with Crippen molar-refractivity contribution in [1.82, 2.24) is 5.32 Å². The molecule has 1 nitrogen and oxygen atoms in total. The largest absolute Gasteiger partial charge is 0.316 e. The molecular formula is C14H25N. The molecule has 0 atom stereocenters. The van der Waals surface area contributed by atoms with Gasteiger partial charge in [0.15, 0.2) is 0 Å². The van der Waals surface area contributed by atoms with Gasteiger partial charge in [0.05, 0.1) is 0 Å². The predicted octanol–water partition coefficient (Wildman–Crippen LogP) is 3.20. The molecule has 15 heavy (non-hydrogen) atoms. The summed E-state index contributed by atoms with van der Waals surface area (Å²) in [6, 6.07) is 0. The van der Waals surface area contributed by atoms with E-state index in [-0.39, 0.29) is 0 Å². The summed E-state index contributed by atoms with van der Waals surface area (Å²) in [6.45, 7) is 4.82. The Hall–Kier alpha value is -0.0400. The topological polar surface area (TPSA) is 12.0 Å². The Labute approximate surface area is 94.0 Å². The van der Waals surface area contributed by atoms with Crippen molar-refractivity contribution in [1.29, 1.82) is 0 Å². The van der Waals surface area contributed by atoms with E-state index in [1.54, 1.807) is 38.5 Å². The van der Waals surface area contributed by atoms with E-state index in [0.29, 0.717) is 0 Å². The maximum atomic E-state index is 3.69. The van der Waals surface area contributed by atoms with E-state index in [4.69, 9.17) is 0 Å². The second-order valence-electron chi connectivity index (χ2n) is 6.59. The smallest absolute Gasteiger partial charge is 0.000811 e. The van der Waals surface area contributed by atoms with Crippen LogP contribution in [0.2, 0.25) is 0 Å². The molecule has 4 bridgehead atoms. The normalized spacial score (nSPS) is 47.4. The summed E-state index contributed by atoms with van der Waals surface area (Å²) in [5, 5.41) is 3.69. The van der Waals surface area contributed by atoms with Gasteiger partial charge >= 0.3 is 0 Å². The SMILES string of the molecule is CCCNCC12CC3CC(CC(C3)C1)C2. The van der Waals surface area contributed by atoms with Crippen molar-refractivity contribution >= 4 is 0 Å². The molecule has 4 fully saturated rings. The zero-order chi connectivity index (χ0) is 10.3. The molecule has 0 aromatic rings. The summed E-state index contributed by atoms with van der Waals surface area (Å²) in [4.78, 5) is 0. The summed E-state index contributed by atoms with van der Waals surface area (Å²) in [5.41, 5.74) is 0.740. The molecule has 86 valence electrons. The quantitative estimate of drug-likeness (QED) is 0.698. The van der Waals surface area contributed by atoms with Crippen LogP contribution in [0.3, 0.4) is 0 Å². The summed E-state index contributed by atoms with van der Waals surface area (Å²) in [7, 11) is 0. The summed E-state index contributed by atoms with van der Waals surface area (Å²) < 4.78 is 0. The number of nitrogens with one attached hydrogen (secondary N) is 1. The molecule has 0 heterocycles. The molecule has 0 aromatic heterocycles. The lowest BCUT2D eigenvalue weighted by Gasteiger charge is -2.57. The van der Waals surface area contributed by atoms with Crippen LogP contribution in [0.5, 0.6) is 0 Å². The molecule has 0 radical (unpaired) electrons. The van der Waals surface area contributed by atoms with Crippen LogP contribution in [0.15, 0.2) is 0 Å². The molecule has 0 aromatic carbocycles.